The normalized spacial score (nSPS) is 22.2. The maximum absolute atomic E-state index is 14.6. The predicted octanol–water partition coefficient (Wildman–Crippen LogP) is 3.45. The van der Waals surface area contributed by atoms with Crippen molar-refractivity contribution < 1.29 is 43.7 Å². The molecule has 5 atom stereocenters. The van der Waals surface area contributed by atoms with Crippen LogP contribution in [0.3, 0.4) is 0 Å². The van der Waals surface area contributed by atoms with Gasteiger partial charge in [0.25, 0.3) is 5.91 Å². The number of hydrogen-bond donors (Lipinski definition) is 4. The molecule has 4 amide bonds. The van der Waals surface area contributed by atoms with Gasteiger partial charge in [0, 0.05) is 37.6 Å². The highest BCUT2D eigenvalue weighted by Crippen LogP contribution is 2.29. The van der Waals surface area contributed by atoms with Crippen molar-refractivity contribution in [2.75, 3.05) is 20.2 Å². The van der Waals surface area contributed by atoms with E-state index in [1.807, 2.05) is 43.5 Å². The number of aliphatic hydroxyl groups excluding tert-OH is 1. The molecule has 0 spiro atoms. The standard InChI is InChI=1S/C44H49N7O9S/c1-26(2)18-34-42(55)51-23-30(52)21-37(51)43(56)49(3)36(20-28-25-61-39-11-7-5-8-32(28)39)41(54)46-35(44(57)58)19-27-12-14-31(15-13-27)59-17-16-50-22-29(47-48-50)24-60-38-10-6-4-9-33(38)40(53)45-34/h4-15,22,25-26,30,34-37,52H,16-21,23-24H2,1-3H3,(H,45,53)(H,46,54)(H,57,58)/t30-,34+,35-,36-,37+/m0/s1. The summed E-state index contributed by atoms with van der Waals surface area (Å²) >= 11 is 1.48. The highest BCUT2D eigenvalue weighted by Gasteiger charge is 2.45. The molecule has 0 unspecified atom stereocenters. The van der Waals surface area contributed by atoms with Gasteiger partial charge in [-0.2, -0.15) is 0 Å². The molecule has 17 heteroatoms. The minimum Gasteiger partial charge on any atom is -0.492 e. The van der Waals surface area contributed by atoms with Crippen molar-refractivity contribution in [2.24, 2.45) is 5.92 Å². The van der Waals surface area contributed by atoms with Crippen molar-refractivity contribution in [1.29, 1.82) is 0 Å². The molecular weight excluding hydrogens is 803 g/mol. The maximum Gasteiger partial charge on any atom is 0.326 e. The molecule has 61 heavy (non-hydrogen) atoms. The molecule has 8 rings (SSSR count). The largest absolute Gasteiger partial charge is 0.492 e. The first-order valence-corrected chi connectivity index (χ1v) is 21.1. The molecule has 16 nitrogen and oxygen atoms in total. The molecule has 3 aliphatic heterocycles. The van der Waals surface area contributed by atoms with Crippen LogP contribution in [0, 0.1) is 5.92 Å². The van der Waals surface area contributed by atoms with E-state index in [0.29, 0.717) is 23.6 Å². The van der Waals surface area contributed by atoms with Gasteiger partial charge in [0.15, 0.2) is 0 Å². The monoisotopic (exact) mass is 851 g/mol. The van der Waals surface area contributed by atoms with Crippen molar-refractivity contribution in [2.45, 2.75) is 83.0 Å². The van der Waals surface area contributed by atoms with E-state index < -0.39 is 59.9 Å². The average Bonchev–Trinajstić information content (AvgIpc) is 3.99. The molecule has 1 fully saturated rings. The minimum absolute atomic E-state index is 0.00225. The number of carboxylic acids is 1. The lowest BCUT2D eigenvalue weighted by molar-refractivity contribution is -0.148. The van der Waals surface area contributed by atoms with E-state index in [1.54, 1.807) is 59.4 Å². The molecule has 5 aromatic rings. The Morgan fingerprint density at radius 1 is 0.967 bits per heavy atom. The number of carboxylic acid groups (broad SMARTS) is 1. The molecular formula is C44H49N7O9S. The summed E-state index contributed by atoms with van der Waals surface area (Å²) in [5.41, 5.74) is 2.09. The number of hydrogen-bond acceptors (Lipinski definition) is 11. The van der Waals surface area contributed by atoms with Crippen LogP contribution in [0.15, 0.2) is 84.4 Å². The third-order valence-corrected chi connectivity index (χ3v) is 11.9. The Labute approximate surface area is 356 Å². The Bertz CT molecular complexity index is 2380. The molecule has 4 bridgehead atoms. The van der Waals surface area contributed by atoms with Gasteiger partial charge in [0.2, 0.25) is 17.7 Å². The predicted molar refractivity (Wildman–Crippen MR) is 225 cm³/mol. The second-order valence-electron chi connectivity index (χ2n) is 15.8. The first kappa shape index (κ1) is 42.8. The summed E-state index contributed by atoms with van der Waals surface area (Å²) in [6, 6.07) is 16.3. The number of ether oxygens (including phenoxy) is 2. The highest BCUT2D eigenvalue weighted by atomic mass is 32.1. The number of thiophene rings is 1. The van der Waals surface area contributed by atoms with Crippen molar-refractivity contribution >= 4 is 51.0 Å². The van der Waals surface area contributed by atoms with E-state index in [-0.39, 0.29) is 62.7 Å². The highest BCUT2D eigenvalue weighted by molar-refractivity contribution is 7.17. The number of carbonyl (C=O) groups is 5. The topological polar surface area (TPSA) is 206 Å². The first-order valence-electron chi connectivity index (χ1n) is 20.2. The zero-order valence-corrected chi connectivity index (χ0v) is 34.9. The van der Waals surface area contributed by atoms with E-state index in [1.165, 1.54) is 28.2 Å². The minimum atomic E-state index is -1.35. The number of rotatable bonds is 5. The molecule has 2 aromatic heterocycles. The van der Waals surface area contributed by atoms with Crippen LogP contribution in [0.4, 0.5) is 0 Å². The summed E-state index contributed by atoms with van der Waals surface area (Å²) in [7, 11) is 1.45. The Morgan fingerprint density at radius 3 is 2.49 bits per heavy atom. The van der Waals surface area contributed by atoms with Gasteiger partial charge in [0.05, 0.1) is 24.4 Å². The molecule has 5 heterocycles. The van der Waals surface area contributed by atoms with Crippen molar-refractivity contribution in [1.82, 2.24) is 35.4 Å². The Kier molecular flexibility index (Phi) is 13.3. The Morgan fingerprint density at radius 2 is 1.72 bits per heavy atom. The van der Waals surface area contributed by atoms with Crippen molar-refractivity contribution in [3.05, 3.63) is 107 Å². The van der Waals surface area contributed by atoms with Gasteiger partial charge in [0.1, 0.15) is 54.6 Å². The third-order valence-electron chi connectivity index (χ3n) is 10.9. The lowest BCUT2D eigenvalue weighted by Crippen LogP contribution is -2.58. The molecule has 1 saturated heterocycles. The summed E-state index contributed by atoms with van der Waals surface area (Å²) in [4.78, 5) is 72.7. The number of aromatic nitrogens is 3. The zero-order valence-electron chi connectivity index (χ0n) is 34.1. The molecule has 3 aliphatic rings. The van der Waals surface area contributed by atoms with Gasteiger partial charge in [-0.05, 0) is 64.6 Å². The fraction of sp³-hybridized carbons (Fsp3) is 0.386. The SMILES string of the molecule is CC(C)C[C@H]1NC(=O)c2ccccc2OCc2cn(nn2)CCOc2ccc(cc2)C[C@@H](C(=O)O)NC(=O)[C@H](Cc2csc3ccccc23)N(C)C(=O)[C@H]2C[C@H](O)CN2C1=O. The third kappa shape index (κ3) is 10.2. The van der Waals surface area contributed by atoms with E-state index in [2.05, 4.69) is 20.9 Å². The zero-order chi connectivity index (χ0) is 43.2. The number of aliphatic carboxylic acids is 1. The molecule has 4 N–H and O–H groups in total. The quantitative estimate of drug-likeness (QED) is 0.202. The number of fused-ring (bicyclic) bond motifs is 15. The number of likely N-dealkylation sites (N-methyl/N-ethyl adjacent to an activating group) is 1. The second kappa shape index (κ2) is 18.9. The number of aliphatic hydroxyl groups is 1. The van der Waals surface area contributed by atoms with Crippen LogP contribution in [0.25, 0.3) is 10.1 Å². The molecule has 320 valence electrons. The van der Waals surface area contributed by atoms with Crippen LogP contribution in [-0.2, 0) is 45.2 Å². The van der Waals surface area contributed by atoms with Gasteiger partial charge < -0.3 is 40.1 Å². The van der Waals surface area contributed by atoms with Gasteiger partial charge in [-0.25, -0.2) is 9.48 Å². The Balaban J connectivity index is 1.23. The summed E-state index contributed by atoms with van der Waals surface area (Å²) < 4.78 is 14.5. The van der Waals surface area contributed by atoms with E-state index in [0.717, 1.165) is 15.6 Å². The fourth-order valence-corrected chi connectivity index (χ4v) is 8.72. The van der Waals surface area contributed by atoms with Crippen LogP contribution in [0.1, 0.15) is 53.9 Å². The van der Waals surface area contributed by atoms with Crippen LogP contribution >= 0.6 is 11.3 Å². The lowest BCUT2D eigenvalue weighted by atomic mass is 10.00. The molecule has 0 radical (unpaired) electrons. The number of amides is 4. The number of nitrogens with zero attached hydrogens (tertiary/aromatic N) is 5. The average molecular weight is 852 g/mol. The fourth-order valence-electron chi connectivity index (χ4n) is 7.74. The van der Waals surface area contributed by atoms with Crippen LogP contribution in [-0.4, -0.2) is 115 Å². The van der Waals surface area contributed by atoms with E-state index in [4.69, 9.17) is 9.47 Å². The van der Waals surface area contributed by atoms with Crippen molar-refractivity contribution in [3.63, 3.8) is 0 Å². The maximum atomic E-state index is 14.6. The smallest absolute Gasteiger partial charge is 0.326 e. The van der Waals surface area contributed by atoms with Gasteiger partial charge >= 0.3 is 5.97 Å². The summed E-state index contributed by atoms with van der Waals surface area (Å²) in [5, 5.41) is 38.0. The number of benzene rings is 3. The molecule has 0 saturated carbocycles. The van der Waals surface area contributed by atoms with Crippen LogP contribution < -0.4 is 20.1 Å². The molecule has 0 aliphatic carbocycles. The summed E-state index contributed by atoms with van der Waals surface area (Å²) in [6.07, 6.45) is 0.747. The van der Waals surface area contributed by atoms with Gasteiger partial charge in [-0.3, -0.25) is 19.2 Å². The van der Waals surface area contributed by atoms with Gasteiger partial charge in [-0.1, -0.05) is 61.5 Å². The number of carbonyl (C=O) groups excluding carboxylic acids is 4. The summed E-state index contributed by atoms with van der Waals surface area (Å²) in [6.45, 7) is 4.24. The number of nitrogens with one attached hydrogen (secondary N) is 2. The first-order chi connectivity index (χ1) is 29.3. The van der Waals surface area contributed by atoms with E-state index >= 15 is 0 Å². The Hall–Kier alpha value is -6.33. The second-order valence-corrected chi connectivity index (χ2v) is 16.7. The van der Waals surface area contributed by atoms with Gasteiger partial charge in [-0.15, -0.1) is 16.4 Å². The molecule has 3 aromatic carbocycles. The number of para-hydroxylation sites is 1. The van der Waals surface area contributed by atoms with E-state index in [9.17, 15) is 34.2 Å². The van der Waals surface area contributed by atoms with Crippen LogP contribution in [0.2, 0.25) is 0 Å². The van der Waals surface area contributed by atoms with Crippen molar-refractivity contribution in [3.8, 4) is 11.5 Å². The summed E-state index contributed by atoms with van der Waals surface area (Å²) in [5.74, 6) is -2.98. The van der Waals surface area contributed by atoms with Crippen LogP contribution in [0.5, 0.6) is 11.5 Å². The lowest BCUT2D eigenvalue weighted by Gasteiger charge is -2.34.